The molecule has 0 aliphatic carbocycles. The van der Waals surface area contributed by atoms with Gasteiger partial charge in [-0.25, -0.2) is 0 Å². The van der Waals surface area contributed by atoms with Crippen molar-refractivity contribution in [2.45, 2.75) is 13.2 Å². The van der Waals surface area contributed by atoms with Crippen molar-refractivity contribution in [1.82, 2.24) is 0 Å². The van der Waals surface area contributed by atoms with Crippen LogP contribution in [0.15, 0.2) is 84.0 Å². The number of ether oxygens (including phenoxy) is 1. The van der Waals surface area contributed by atoms with Gasteiger partial charge in [0.1, 0.15) is 19.0 Å². The number of carbonyl (C=O) groups is 1. The van der Waals surface area contributed by atoms with E-state index >= 15 is 0 Å². The van der Waals surface area contributed by atoms with Crippen molar-refractivity contribution in [1.29, 1.82) is 0 Å². The van der Waals surface area contributed by atoms with Crippen molar-refractivity contribution in [2.75, 3.05) is 0 Å². The van der Waals surface area contributed by atoms with Crippen molar-refractivity contribution in [3.8, 4) is 5.75 Å². The number of nitrogens with zero attached hydrogens (tertiary/aromatic N) is 1. The molecule has 0 N–H and O–H groups in total. The van der Waals surface area contributed by atoms with Crippen LogP contribution in [0, 0.1) is 0 Å². The lowest BCUT2D eigenvalue weighted by Crippen LogP contribution is -2.22. The van der Waals surface area contributed by atoms with Gasteiger partial charge >= 0.3 is 0 Å². The van der Waals surface area contributed by atoms with E-state index in [0.717, 1.165) is 16.7 Å². The monoisotopic (exact) mass is 360 g/mol. The normalized spacial score (nSPS) is 10.7. The zero-order valence-corrected chi connectivity index (χ0v) is 14.6. The fourth-order valence-corrected chi connectivity index (χ4v) is 2.40. The standard InChI is InChI=1S/C22H19NO4/c24-22(25)19-12-10-18(11-13-19)15-26-21-9-5-4-8-20(21)14-23-27-16-17-6-2-1-3-7-17/h1-14H,15-16H2,(H,24,25)/p-1/b23-14+. The van der Waals surface area contributed by atoms with Crippen LogP contribution in [0.1, 0.15) is 27.0 Å². The van der Waals surface area contributed by atoms with Crippen LogP contribution in [0.5, 0.6) is 5.75 Å². The van der Waals surface area contributed by atoms with Gasteiger partial charge in [-0.15, -0.1) is 0 Å². The Morgan fingerprint density at radius 3 is 2.26 bits per heavy atom. The fraction of sp³-hybridized carbons (Fsp3) is 0.0909. The van der Waals surface area contributed by atoms with E-state index in [0.29, 0.717) is 19.0 Å². The second-order valence-corrected chi connectivity index (χ2v) is 5.80. The maximum Gasteiger partial charge on any atom is 0.142 e. The van der Waals surface area contributed by atoms with Crippen molar-refractivity contribution < 1.29 is 19.5 Å². The molecular formula is C22H18NO4-. The molecule has 3 aromatic rings. The molecule has 0 amide bonds. The summed E-state index contributed by atoms with van der Waals surface area (Å²) in [6.07, 6.45) is 1.61. The van der Waals surface area contributed by atoms with Crippen molar-refractivity contribution in [2.24, 2.45) is 5.16 Å². The highest BCUT2D eigenvalue weighted by Crippen LogP contribution is 2.18. The van der Waals surface area contributed by atoms with Crippen LogP contribution in [0.25, 0.3) is 0 Å². The molecule has 0 unspecified atom stereocenters. The quantitative estimate of drug-likeness (QED) is 0.457. The first-order valence-electron chi connectivity index (χ1n) is 8.44. The minimum atomic E-state index is -1.19. The van der Waals surface area contributed by atoms with Gasteiger partial charge in [0.05, 0.1) is 12.2 Å². The number of benzene rings is 3. The van der Waals surface area contributed by atoms with E-state index in [1.54, 1.807) is 18.3 Å². The summed E-state index contributed by atoms with van der Waals surface area (Å²) in [6, 6.07) is 23.7. The summed E-state index contributed by atoms with van der Waals surface area (Å²) in [4.78, 5) is 16.1. The Bertz CT molecular complexity index is 905. The molecule has 0 heterocycles. The fourth-order valence-electron chi connectivity index (χ4n) is 2.40. The zero-order chi connectivity index (χ0) is 18.9. The van der Waals surface area contributed by atoms with Gasteiger partial charge in [0.15, 0.2) is 0 Å². The van der Waals surface area contributed by atoms with Crippen molar-refractivity contribution in [3.05, 3.63) is 101 Å². The number of oxime groups is 1. The Hall–Kier alpha value is -3.60. The van der Waals surface area contributed by atoms with Gasteiger partial charge in [-0.1, -0.05) is 71.9 Å². The Balaban J connectivity index is 1.58. The Morgan fingerprint density at radius 2 is 1.52 bits per heavy atom. The number of hydrogen-bond donors (Lipinski definition) is 0. The van der Waals surface area contributed by atoms with Crippen LogP contribution < -0.4 is 9.84 Å². The summed E-state index contributed by atoms with van der Waals surface area (Å²) in [5, 5.41) is 14.8. The molecular weight excluding hydrogens is 342 g/mol. The maximum absolute atomic E-state index is 10.8. The van der Waals surface area contributed by atoms with Crippen molar-refractivity contribution in [3.63, 3.8) is 0 Å². The smallest absolute Gasteiger partial charge is 0.142 e. The van der Waals surface area contributed by atoms with Gasteiger partial charge in [0, 0.05) is 5.56 Å². The molecule has 27 heavy (non-hydrogen) atoms. The van der Waals surface area contributed by atoms with Crippen LogP contribution in [-0.2, 0) is 18.1 Å². The van der Waals surface area contributed by atoms with E-state index in [-0.39, 0.29) is 5.56 Å². The minimum Gasteiger partial charge on any atom is -0.545 e. The largest absolute Gasteiger partial charge is 0.545 e. The lowest BCUT2D eigenvalue weighted by molar-refractivity contribution is -0.255. The highest BCUT2D eigenvalue weighted by molar-refractivity contribution is 5.85. The molecule has 136 valence electrons. The Morgan fingerprint density at radius 1 is 0.852 bits per heavy atom. The second kappa shape index (κ2) is 9.20. The van der Waals surface area contributed by atoms with Gasteiger partial charge in [-0.2, -0.15) is 0 Å². The van der Waals surface area contributed by atoms with Gasteiger partial charge in [0.2, 0.25) is 0 Å². The molecule has 0 aliphatic heterocycles. The van der Waals surface area contributed by atoms with E-state index in [2.05, 4.69) is 5.16 Å². The summed E-state index contributed by atoms with van der Waals surface area (Å²) < 4.78 is 5.83. The van der Waals surface area contributed by atoms with Gasteiger partial charge < -0.3 is 19.5 Å². The molecule has 0 aromatic heterocycles. The first kappa shape index (κ1) is 18.2. The van der Waals surface area contributed by atoms with E-state index in [9.17, 15) is 9.90 Å². The number of carboxylic acids is 1. The molecule has 0 aliphatic rings. The molecule has 0 radical (unpaired) electrons. The summed E-state index contributed by atoms with van der Waals surface area (Å²) in [5.74, 6) is -0.534. The molecule has 0 saturated heterocycles. The third kappa shape index (κ3) is 5.44. The van der Waals surface area contributed by atoms with Gasteiger partial charge in [-0.3, -0.25) is 0 Å². The van der Waals surface area contributed by atoms with E-state index in [1.807, 2.05) is 54.6 Å². The zero-order valence-electron chi connectivity index (χ0n) is 14.6. The van der Waals surface area contributed by atoms with E-state index < -0.39 is 5.97 Å². The lowest BCUT2D eigenvalue weighted by atomic mass is 10.1. The highest BCUT2D eigenvalue weighted by Gasteiger charge is 2.02. The molecule has 0 spiro atoms. The van der Waals surface area contributed by atoms with Gasteiger partial charge in [0.25, 0.3) is 0 Å². The molecule has 0 saturated carbocycles. The number of rotatable bonds is 8. The van der Waals surface area contributed by atoms with Crippen LogP contribution >= 0.6 is 0 Å². The summed E-state index contributed by atoms with van der Waals surface area (Å²) >= 11 is 0. The number of aromatic carboxylic acids is 1. The molecule has 5 heteroatoms. The summed E-state index contributed by atoms with van der Waals surface area (Å²) in [6.45, 7) is 0.703. The predicted molar refractivity (Wildman–Crippen MR) is 100 cm³/mol. The second-order valence-electron chi connectivity index (χ2n) is 5.80. The maximum atomic E-state index is 10.8. The van der Waals surface area contributed by atoms with E-state index in [1.165, 1.54) is 12.1 Å². The predicted octanol–water partition coefficient (Wildman–Crippen LogP) is 3.18. The lowest BCUT2D eigenvalue weighted by Gasteiger charge is -2.10. The Kier molecular flexibility index (Phi) is 6.20. The third-order valence-electron chi connectivity index (χ3n) is 3.84. The topological polar surface area (TPSA) is 71.0 Å². The van der Waals surface area contributed by atoms with Crippen LogP contribution in [0.4, 0.5) is 0 Å². The molecule has 0 atom stereocenters. The summed E-state index contributed by atoms with van der Waals surface area (Å²) in [7, 11) is 0. The first-order chi connectivity index (χ1) is 13.2. The van der Waals surface area contributed by atoms with Crippen LogP contribution in [0.2, 0.25) is 0 Å². The minimum absolute atomic E-state index is 0.141. The number of carboxylic acid groups (broad SMARTS) is 1. The van der Waals surface area contributed by atoms with E-state index in [4.69, 9.17) is 9.57 Å². The average molecular weight is 360 g/mol. The van der Waals surface area contributed by atoms with Gasteiger partial charge in [-0.05, 0) is 28.8 Å². The molecule has 5 nitrogen and oxygen atoms in total. The van der Waals surface area contributed by atoms with Crippen LogP contribution in [0.3, 0.4) is 0 Å². The molecule has 0 bridgehead atoms. The number of hydrogen-bond acceptors (Lipinski definition) is 5. The van der Waals surface area contributed by atoms with Crippen LogP contribution in [-0.4, -0.2) is 12.2 Å². The molecule has 3 rings (SSSR count). The molecule has 3 aromatic carbocycles. The first-order valence-corrected chi connectivity index (χ1v) is 8.44. The average Bonchev–Trinajstić information content (AvgIpc) is 2.71. The Labute approximate surface area is 157 Å². The molecule has 0 fully saturated rings. The number of para-hydroxylation sites is 1. The number of carbonyl (C=O) groups excluding carboxylic acids is 1. The summed E-state index contributed by atoms with van der Waals surface area (Å²) in [5.41, 5.74) is 2.82. The SMILES string of the molecule is O=C([O-])c1ccc(COc2ccccc2/C=N/OCc2ccccc2)cc1. The van der Waals surface area contributed by atoms with Crippen molar-refractivity contribution >= 4 is 12.2 Å². The third-order valence-corrected chi connectivity index (χ3v) is 3.84. The highest BCUT2D eigenvalue weighted by atomic mass is 16.6.